The number of hydrogen-bond acceptors (Lipinski definition) is 6. The number of piperazine rings is 1. The normalized spacial score (nSPS) is 14.3. The Kier molecular flexibility index (Phi) is 6.20. The van der Waals surface area contributed by atoms with Gasteiger partial charge in [0.1, 0.15) is 5.82 Å². The Hall–Kier alpha value is -3.69. The zero-order chi connectivity index (χ0) is 22.6. The lowest BCUT2D eigenvalue weighted by molar-refractivity contribution is -0.154. The average Bonchev–Trinajstić information content (AvgIpc) is 2.83. The molecule has 0 N–H and O–H groups in total. The smallest absolute Gasteiger partial charge is 0.422 e. The number of benzene rings is 1. The van der Waals surface area contributed by atoms with Crippen molar-refractivity contribution in [3.05, 3.63) is 66.5 Å². The van der Waals surface area contributed by atoms with Gasteiger partial charge in [0.15, 0.2) is 12.4 Å². The molecule has 0 bridgehead atoms. The average molecular weight is 443 g/mol. The molecule has 0 aliphatic carbocycles. The Morgan fingerprint density at radius 1 is 0.969 bits per heavy atom. The molecule has 3 aromatic rings. The summed E-state index contributed by atoms with van der Waals surface area (Å²) >= 11 is 0. The molecule has 7 nitrogen and oxygen atoms in total. The van der Waals surface area contributed by atoms with Gasteiger partial charge in [-0.2, -0.15) is 13.2 Å². The highest BCUT2D eigenvalue weighted by atomic mass is 19.4. The van der Waals surface area contributed by atoms with Crippen molar-refractivity contribution in [1.29, 1.82) is 0 Å². The van der Waals surface area contributed by atoms with Gasteiger partial charge in [-0.25, -0.2) is 15.0 Å². The van der Waals surface area contributed by atoms with Crippen LogP contribution in [0.2, 0.25) is 0 Å². The molecule has 10 heteroatoms. The zero-order valence-electron chi connectivity index (χ0n) is 17.0. The minimum absolute atomic E-state index is 0.179. The fraction of sp³-hybridized carbons (Fsp3) is 0.273. The number of ether oxygens (including phenoxy) is 1. The Balaban J connectivity index is 1.35. The van der Waals surface area contributed by atoms with Crippen LogP contribution in [-0.4, -0.2) is 64.7 Å². The quantitative estimate of drug-likeness (QED) is 0.602. The Bertz CT molecular complexity index is 1050. The number of alkyl halides is 3. The van der Waals surface area contributed by atoms with Crippen molar-refractivity contribution in [2.24, 2.45) is 0 Å². The van der Waals surface area contributed by atoms with Crippen LogP contribution in [0.4, 0.5) is 19.0 Å². The molecule has 0 saturated carbocycles. The summed E-state index contributed by atoms with van der Waals surface area (Å²) in [6, 6.07) is 14.2. The monoisotopic (exact) mass is 443 g/mol. The molecule has 0 radical (unpaired) electrons. The van der Waals surface area contributed by atoms with Crippen LogP contribution in [-0.2, 0) is 0 Å². The maximum atomic E-state index is 12.7. The first-order valence-electron chi connectivity index (χ1n) is 9.97. The summed E-state index contributed by atoms with van der Waals surface area (Å²) in [5, 5.41) is 0. The van der Waals surface area contributed by atoms with Gasteiger partial charge in [0.05, 0.1) is 5.56 Å². The first-order valence-corrected chi connectivity index (χ1v) is 9.97. The summed E-state index contributed by atoms with van der Waals surface area (Å²) in [5.74, 6) is 1.02. The highest BCUT2D eigenvalue weighted by molar-refractivity contribution is 5.94. The van der Waals surface area contributed by atoms with Crippen LogP contribution < -0.4 is 9.64 Å². The topological polar surface area (TPSA) is 71.5 Å². The molecular formula is C22H20F3N5O2. The lowest BCUT2D eigenvalue weighted by Crippen LogP contribution is -2.49. The van der Waals surface area contributed by atoms with Gasteiger partial charge in [0.2, 0.25) is 5.88 Å². The second-order valence-electron chi connectivity index (χ2n) is 7.17. The minimum atomic E-state index is -4.44. The van der Waals surface area contributed by atoms with Crippen molar-refractivity contribution in [2.45, 2.75) is 6.18 Å². The molecule has 32 heavy (non-hydrogen) atoms. The van der Waals surface area contributed by atoms with Gasteiger partial charge in [0.25, 0.3) is 5.91 Å². The van der Waals surface area contributed by atoms with E-state index in [9.17, 15) is 18.0 Å². The molecule has 2 aromatic heterocycles. The number of nitrogens with zero attached hydrogens (tertiary/aromatic N) is 5. The molecule has 1 saturated heterocycles. The minimum Gasteiger partial charge on any atom is -0.468 e. The van der Waals surface area contributed by atoms with Gasteiger partial charge in [0, 0.05) is 50.2 Å². The number of halogens is 3. The van der Waals surface area contributed by atoms with E-state index in [1.807, 2.05) is 36.4 Å². The first kappa shape index (κ1) is 21.5. The Labute approximate surface area is 182 Å². The van der Waals surface area contributed by atoms with E-state index in [1.54, 1.807) is 11.1 Å². The van der Waals surface area contributed by atoms with Crippen molar-refractivity contribution < 1.29 is 22.7 Å². The second kappa shape index (κ2) is 9.21. The van der Waals surface area contributed by atoms with E-state index >= 15 is 0 Å². The van der Waals surface area contributed by atoms with Crippen LogP contribution in [0.15, 0.2) is 60.9 Å². The lowest BCUT2D eigenvalue weighted by Gasteiger charge is -2.35. The van der Waals surface area contributed by atoms with Crippen LogP contribution in [0.3, 0.4) is 0 Å². The summed E-state index contributed by atoms with van der Waals surface area (Å²) in [6.07, 6.45) is -1.49. The van der Waals surface area contributed by atoms with Gasteiger partial charge in [-0.1, -0.05) is 30.3 Å². The van der Waals surface area contributed by atoms with E-state index in [-0.39, 0.29) is 11.8 Å². The predicted molar refractivity (Wildman–Crippen MR) is 111 cm³/mol. The van der Waals surface area contributed by atoms with Crippen molar-refractivity contribution >= 4 is 11.7 Å². The Morgan fingerprint density at radius 3 is 2.38 bits per heavy atom. The van der Waals surface area contributed by atoms with Crippen molar-refractivity contribution in [2.75, 3.05) is 37.7 Å². The number of hydrogen-bond donors (Lipinski definition) is 0. The van der Waals surface area contributed by atoms with Gasteiger partial charge in [-0.3, -0.25) is 4.79 Å². The molecule has 1 amide bonds. The van der Waals surface area contributed by atoms with E-state index in [1.165, 1.54) is 18.3 Å². The summed E-state index contributed by atoms with van der Waals surface area (Å²) in [4.78, 5) is 29.3. The van der Waals surface area contributed by atoms with E-state index < -0.39 is 12.8 Å². The van der Waals surface area contributed by atoms with Gasteiger partial charge >= 0.3 is 6.18 Å². The van der Waals surface area contributed by atoms with E-state index in [4.69, 9.17) is 0 Å². The number of amides is 1. The highest BCUT2D eigenvalue weighted by Gasteiger charge is 2.29. The highest BCUT2D eigenvalue weighted by Crippen LogP contribution is 2.20. The third kappa shape index (κ3) is 5.32. The number of aromatic nitrogens is 3. The molecule has 1 aliphatic rings. The number of pyridine rings is 1. The first-order chi connectivity index (χ1) is 15.4. The number of rotatable bonds is 5. The SMILES string of the molecule is O=C(c1ccc(OCC(F)(F)F)nc1)N1CCN(c2ccnc(-c3ccccc3)n2)CC1. The van der Waals surface area contributed by atoms with Crippen molar-refractivity contribution in [1.82, 2.24) is 19.9 Å². The molecule has 0 unspecified atom stereocenters. The van der Waals surface area contributed by atoms with Crippen LogP contribution >= 0.6 is 0 Å². The summed E-state index contributed by atoms with van der Waals surface area (Å²) in [6.45, 7) is 0.727. The molecular weight excluding hydrogens is 423 g/mol. The summed E-state index contributed by atoms with van der Waals surface area (Å²) < 4.78 is 41.3. The van der Waals surface area contributed by atoms with Crippen molar-refractivity contribution in [3.8, 4) is 17.3 Å². The molecule has 0 spiro atoms. The van der Waals surface area contributed by atoms with Crippen LogP contribution in [0.5, 0.6) is 5.88 Å². The number of anilines is 1. The number of carbonyl (C=O) groups excluding carboxylic acids is 1. The van der Waals surface area contributed by atoms with E-state index in [0.29, 0.717) is 37.6 Å². The third-order valence-electron chi connectivity index (χ3n) is 4.93. The molecule has 1 aliphatic heterocycles. The fourth-order valence-corrected chi connectivity index (χ4v) is 3.32. The lowest BCUT2D eigenvalue weighted by atomic mass is 10.2. The van der Waals surface area contributed by atoms with Gasteiger partial charge in [-0.15, -0.1) is 0 Å². The standard InChI is InChI=1S/C22H20F3N5O2/c23-22(24,25)15-32-19-7-6-17(14-27-19)21(31)30-12-10-29(11-13-30)18-8-9-26-20(28-18)16-4-2-1-3-5-16/h1-9,14H,10-13,15H2. The zero-order valence-corrected chi connectivity index (χ0v) is 17.0. The molecule has 1 fully saturated rings. The van der Waals surface area contributed by atoms with Crippen LogP contribution in [0.25, 0.3) is 11.4 Å². The second-order valence-corrected chi connectivity index (χ2v) is 7.17. The predicted octanol–water partition coefficient (Wildman–Crippen LogP) is 3.44. The van der Waals surface area contributed by atoms with Crippen molar-refractivity contribution in [3.63, 3.8) is 0 Å². The van der Waals surface area contributed by atoms with E-state index in [2.05, 4.69) is 24.6 Å². The molecule has 1 aromatic carbocycles. The van der Waals surface area contributed by atoms with Crippen LogP contribution in [0.1, 0.15) is 10.4 Å². The number of carbonyl (C=O) groups is 1. The summed E-state index contributed by atoms with van der Waals surface area (Å²) in [5.41, 5.74) is 1.23. The van der Waals surface area contributed by atoms with Gasteiger partial charge < -0.3 is 14.5 Å². The molecule has 0 atom stereocenters. The van der Waals surface area contributed by atoms with Gasteiger partial charge in [-0.05, 0) is 12.1 Å². The molecule has 3 heterocycles. The van der Waals surface area contributed by atoms with E-state index in [0.717, 1.165) is 11.4 Å². The summed E-state index contributed by atoms with van der Waals surface area (Å²) in [7, 11) is 0. The molecule has 166 valence electrons. The molecule has 4 rings (SSSR count). The maximum Gasteiger partial charge on any atom is 0.422 e. The fourth-order valence-electron chi connectivity index (χ4n) is 3.32. The Morgan fingerprint density at radius 2 is 1.72 bits per heavy atom. The third-order valence-corrected chi connectivity index (χ3v) is 4.93. The maximum absolute atomic E-state index is 12.7. The van der Waals surface area contributed by atoms with Crippen LogP contribution in [0, 0.1) is 0 Å². The largest absolute Gasteiger partial charge is 0.468 e.